The maximum absolute atomic E-state index is 11.5. The fraction of sp³-hybridized carbons (Fsp3) is 0.417. The van der Waals surface area contributed by atoms with E-state index in [1.54, 1.807) is 24.5 Å². The third-order valence-corrected chi connectivity index (χ3v) is 2.46. The van der Waals surface area contributed by atoms with Crippen LogP contribution < -0.4 is 0 Å². The van der Waals surface area contributed by atoms with E-state index >= 15 is 0 Å². The molecule has 4 heteroatoms. The molecule has 86 valence electrons. The Balaban J connectivity index is 2.69. The van der Waals surface area contributed by atoms with Gasteiger partial charge < -0.3 is 4.74 Å². The van der Waals surface area contributed by atoms with Gasteiger partial charge in [-0.1, -0.05) is 0 Å². The molecule has 4 nitrogen and oxygen atoms in total. The van der Waals surface area contributed by atoms with E-state index in [2.05, 4.69) is 9.72 Å². The van der Waals surface area contributed by atoms with Gasteiger partial charge in [0, 0.05) is 24.7 Å². The maximum Gasteiger partial charge on any atom is 0.305 e. The molecule has 1 aromatic heterocycles. The van der Waals surface area contributed by atoms with Gasteiger partial charge in [-0.05, 0) is 31.0 Å². The largest absolute Gasteiger partial charge is 0.469 e. The zero-order valence-electron chi connectivity index (χ0n) is 9.47. The standard InChI is InChI=1S/C12H15NO3/c1-9(14)11(3-4-12(15)16-2)10-5-7-13-8-6-10/h5-8,11H,3-4H2,1-2H3. The van der Waals surface area contributed by atoms with Gasteiger partial charge in [0.1, 0.15) is 5.78 Å². The minimum atomic E-state index is -0.291. The molecule has 1 unspecified atom stereocenters. The summed E-state index contributed by atoms with van der Waals surface area (Å²) in [6.07, 6.45) is 4.02. The molecule has 0 fully saturated rings. The third kappa shape index (κ3) is 3.46. The van der Waals surface area contributed by atoms with Gasteiger partial charge in [-0.2, -0.15) is 0 Å². The Morgan fingerprint density at radius 3 is 2.50 bits per heavy atom. The summed E-state index contributed by atoms with van der Waals surface area (Å²) in [7, 11) is 1.34. The number of hydrogen-bond donors (Lipinski definition) is 0. The quantitative estimate of drug-likeness (QED) is 0.710. The Kier molecular flexibility index (Phi) is 4.64. The normalized spacial score (nSPS) is 11.9. The van der Waals surface area contributed by atoms with Gasteiger partial charge in [0.05, 0.1) is 7.11 Å². The number of carbonyl (C=O) groups is 2. The van der Waals surface area contributed by atoms with Crippen LogP contribution in [0.15, 0.2) is 24.5 Å². The van der Waals surface area contributed by atoms with E-state index in [9.17, 15) is 9.59 Å². The highest BCUT2D eigenvalue weighted by molar-refractivity contribution is 5.84. The van der Waals surface area contributed by atoms with Crippen LogP contribution in [-0.2, 0) is 14.3 Å². The smallest absolute Gasteiger partial charge is 0.305 e. The number of rotatable bonds is 5. The zero-order chi connectivity index (χ0) is 12.0. The van der Waals surface area contributed by atoms with E-state index in [1.165, 1.54) is 14.0 Å². The number of Topliss-reactive ketones (excluding diaryl/α,β-unsaturated/α-hetero) is 1. The van der Waals surface area contributed by atoms with Crippen molar-refractivity contribution < 1.29 is 14.3 Å². The molecule has 16 heavy (non-hydrogen) atoms. The lowest BCUT2D eigenvalue weighted by Gasteiger charge is -2.12. The van der Waals surface area contributed by atoms with Gasteiger partial charge >= 0.3 is 5.97 Å². The molecule has 0 bridgehead atoms. The second kappa shape index (κ2) is 6.00. The van der Waals surface area contributed by atoms with Gasteiger partial charge in [0.25, 0.3) is 0 Å². The van der Waals surface area contributed by atoms with Crippen molar-refractivity contribution in [2.75, 3.05) is 7.11 Å². The number of aromatic nitrogens is 1. The molecule has 0 N–H and O–H groups in total. The molecule has 1 atom stereocenters. The Morgan fingerprint density at radius 2 is 2.00 bits per heavy atom. The van der Waals surface area contributed by atoms with E-state index in [0.29, 0.717) is 6.42 Å². The van der Waals surface area contributed by atoms with Crippen molar-refractivity contribution in [2.45, 2.75) is 25.7 Å². The first kappa shape index (κ1) is 12.4. The molecule has 0 aliphatic carbocycles. The van der Waals surface area contributed by atoms with Crippen molar-refractivity contribution >= 4 is 11.8 Å². The van der Waals surface area contributed by atoms with Crippen LogP contribution in [-0.4, -0.2) is 23.8 Å². The SMILES string of the molecule is COC(=O)CCC(C(C)=O)c1ccncc1. The number of esters is 1. The van der Waals surface area contributed by atoms with Gasteiger partial charge in [-0.15, -0.1) is 0 Å². The van der Waals surface area contributed by atoms with E-state index in [-0.39, 0.29) is 24.1 Å². The van der Waals surface area contributed by atoms with Gasteiger partial charge in [0.15, 0.2) is 0 Å². The minimum Gasteiger partial charge on any atom is -0.469 e. The molecule has 0 saturated heterocycles. The second-order valence-corrected chi connectivity index (χ2v) is 3.56. The van der Waals surface area contributed by atoms with Crippen molar-refractivity contribution in [2.24, 2.45) is 0 Å². The van der Waals surface area contributed by atoms with E-state index < -0.39 is 0 Å². The molecule has 0 aliphatic rings. The Labute approximate surface area is 94.6 Å². The van der Waals surface area contributed by atoms with Gasteiger partial charge in [-0.3, -0.25) is 14.6 Å². The molecule has 0 aromatic carbocycles. The molecule has 0 radical (unpaired) electrons. The number of ether oxygens (including phenoxy) is 1. The number of nitrogens with zero attached hydrogens (tertiary/aromatic N) is 1. The molecule has 0 amide bonds. The number of hydrogen-bond acceptors (Lipinski definition) is 4. The van der Waals surface area contributed by atoms with Crippen LogP contribution in [0.5, 0.6) is 0 Å². The lowest BCUT2D eigenvalue weighted by molar-refractivity contribution is -0.140. The molecular formula is C12H15NO3. The second-order valence-electron chi connectivity index (χ2n) is 3.56. The summed E-state index contributed by atoms with van der Waals surface area (Å²) in [6.45, 7) is 1.53. The molecule has 0 saturated carbocycles. The third-order valence-electron chi connectivity index (χ3n) is 2.46. The van der Waals surface area contributed by atoms with Crippen LogP contribution in [0.1, 0.15) is 31.2 Å². The highest BCUT2D eigenvalue weighted by Crippen LogP contribution is 2.21. The van der Waals surface area contributed by atoms with Crippen LogP contribution in [0.4, 0.5) is 0 Å². The lowest BCUT2D eigenvalue weighted by atomic mass is 9.92. The van der Waals surface area contributed by atoms with Crippen LogP contribution in [0.25, 0.3) is 0 Å². The first-order chi connectivity index (χ1) is 7.65. The van der Waals surface area contributed by atoms with E-state index in [0.717, 1.165) is 5.56 Å². The number of methoxy groups -OCH3 is 1. The first-order valence-electron chi connectivity index (χ1n) is 5.12. The van der Waals surface area contributed by atoms with Crippen molar-refractivity contribution in [1.82, 2.24) is 4.98 Å². The van der Waals surface area contributed by atoms with Gasteiger partial charge in [0.2, 0.25) is 0 Å². The van der Waals surface area contributed by atoms with Crippen LogP contribution in [0.3, 0.4) is 0 Å². The summed E-state index contributed by atoms with van der Waals surface area (Å²) in [4.78, 5) is 26.4. The van der Waals surface area contributed by atoms with Gasteiger partial charge in [-0.25, -0.2) is 0 Å². The van der Waals surface area contributed by atoms with Crippen LogP contribution >= 0.6 is 0 Å². The van der Waals surface area contributed by atoms with E-state index in [1.807, 2.05) is 0 Å². The predicted molar refractivity (Wildman–Crippen MR) is 58.9 cm³/mol. The molecule has 0 spiro atoms. The predicted octanol–water partition coefficient (Wildman–Crippen LogP) is 1.71. The summed E-state index contributed by atoms with van der Waals surface area (Å²) >= 11 is 0. The molecule has 1 aromatic rings. The van der Waals surface area contributed by atoms with Crippen molar-refractivity contribution in [3.05, 3.63) is 30.1 Å². The number of carbonyl (C=O) groups excluding carboxylic acids is 2. The van der Waals surface area contributed by atoms with Crippen molar-refractivity contribution in [3.63, 3.8) is 0 Å². The summed E-state index contributed by atoms with van der Waals surface area (Å²) < 4.78 is 4.55. The average molecular weight is 221 g/mol. The summed E-state index contributed by atoms with van der Waals surface area (Å²) in [6, 6.07) is 3.59. The zero-order valence-corrected chi connectivity index (χ0v) is 9.47. The molecular weight excluding hydrogens is 206 g/mol. The van der Waals surface area contributed by atoms with Crippen molar-refractivity contribution in [1.29, 1.82) is 0 Å². The first-order valence-corrected chi connectivity index (χ1v) is 5.12. The minimum absolute atomic E-state index is 0.0510. The molecule has 1 rings (SSSR count). The van der Waals surface area contributed by atoms with Crippen LogP contribution in [0.2, 0.25) is 0 Å². The fourth-order valence-corrected chi connectivity index (χ4v) is 1.56. The summed E-state index contributed by atoms with van der Waals surface area (Å²) in [5.74, 6) is -0.488. The molecule has 1 heterocycles. The summed E-state index contributed by atoms with van der Waals surface area (Å²) in [5, 5.41) is 0. The summed E-state index contributed by atoms with van der Waals surface area (Å²) in [5.41, 5.74) is 0.895. The monoisotopic (exact) mass is 221 g/mol. The topological polar surface area (TPSA) is 56.3 Å². The Bertz CT molecular complexity index is 362. The number of pyridine rings is 1. The highest BCUT2D eigenvalue weighted by Gasteiger charge is 2.18. The van der Waals surface area contributed by atoms with E-state index in [4.69, 9.17) is 0 Å². The Hall–Kier alpha value is -1.71. The van der Waals surface area contributed by atoms with Crippen molar-refractivity contribution in [3.8, 4) is 0 Å². The fourth-order valence-electron chi connectivity index (χ4n) is 1.56. The van der Waals surface area contributed by atoms with Crippen LogP contribution in [0, 0.1) is 0 Å². The highest BCUT2D eigenvalue weighted by atomic mass is 16.5. The maximum atomic E-state index is 11.5. The average Bonchev–Trinajstić information content (AvgIpc) is 2.30. The molecule has 0 aliphatic heterocycles. The number of ketones is 1. The lowest BCUT2D eigenvalue weighted by Crippen LogP contribution is -2.12. The Morgan fingerprint density at radius 1 is 1.38 bits per heavy atom.